The predicted octanol–water partition coefficient (Wildman–Crippen LogP) is 1.99. The number of pyridine rings is 1. The topological polar surface area (TPSA) is 82.5 Å². The van der Waals surface area contributed by atoms with E-state index in [1.165, 1.54) is 0 Å². The van der Waals surface area contributed by atoms with Gasteiger partial charge in [-0.05, 0) is 45.4 Å². The normalized spacial score (nSPS) is 12.8. The second-order valence-electron chi connectivity index (χ2n) is 4.24. The minimum atomic E-state index is -0.249. The van der Waals surface area contributed by atoms with Crippen LogP contribution < -0.4 is 5.73 Å². The van der Waals surface area contributed by atoms with Gasteiger partial charge in [0, 0.05) is 16.1 Å². The van der Waals surface area contributed by atoms with Gasteiger partial charge in [-0.2, -0.15) is 4.68 Å². The van der Waals surface area contributed by atoms with Gasteiger partial charge in [0.15, 0.2) is 5.82 Å². The quantitative estimate of drug-likeness (QED) is 0.781. The Hall–Kier alpha value is -1.86. The van der Waals surface area contributed by atoms with Crippen LogP contribution in [-0.2, 0) is 0 Å². The summed E-state index contributed by atoms with van der Waals surface area (Å²) in [5.41, 5.74) is 7.53. The second kappa shape index (κ2) is 4.67. The van der Waals surface area contributed by atoms with Crippen molar-refractivity contribution in [2.75, 3.05) is 0 Å². The highest BCUT2D eigenvalue weighted by atomic mass is 79.9. The molecule has 0 aliphatic rings. The van der Waals surface area contributed by atoms with E-state index >= 15 is 0 Å². The zero-order valence-corrected chi connectivity index (χ0v) is 11.7. The molecule has 2 heterocycles. The molecule has 1 atom stereocenters. The fourth-order valence-corrected chi connectivity index (χ4v) is 2.29. The Morgan fingerprint density at radius 3 is 3.00 bits per heavy atom. The molecule has 7 heteroatoms. The van der Waals surface area contributed by atoms with Crippen molar-refractivity contribution in [3.05, 3.63) is 40.8 Å². The number of rotatable bonds is 2. The molecule has 0 aliphatic heterocycles. The third-order valence-electron chi connectivity index (χ3n) is 2.79. The summed E-state index contributed by atoms with van der Waals surface area (Å²) in [6, 6.07) is 7.61. The fourth-order valence-electron chi connectivity index (χ4n) is 1.94. The Morgan fingerprint density at radius 2 is 2.21 bits per heavy atom. The molecule has 0 saturated carbocycles. The van der Waals surface area contributed by atoms with Gasteiger partial charge in [-0.3, -0.25) is 4.98 Å². The lowest BCUT2D eigenvalue weighted by atomic mass is 10.2. The van der Waals surface area contributed by atoms with Gasteiger partial charge in [-0.25, -0.2) is 0 Å². The van der Waals surface area contributed by atoms with Crippen molar-refractivity contribution >= 4 is 26.8 Å². The van der Waals surface area contributed by atoms with Crippen LogP contribution in [0.5, 0.6) is 0 Å². The summed E-state index contributed by atoms with van der Waals surface area (Å²) in [5, 5.41) is 12.7. The average molecular weight is 319 g/mol. The van der Waals surface area contributed by atoms with E-state index in [0.29, 0.717) is 5.82 Å². The van der Waals surface area contributed by atoms with E-state index in [0.717, 1.165) is 21.1 Å². The fraction of sp³-hybridized carbons (Fsp3) is 0.167. The molecule has 2 aromatic heterocycles. The second-order valence-corrected chi connectivity index (χ2v) is 5.16. The van der Waals surface area contributed by atoms with E-state index in [4.69, 9.17) is 5.73 Å². The molecule has 1 unspecified atom stereocenters. The van der Waals surface area contributed by atoms with Crippen LogP contribution in [-0.4, -0.2) is 25.2 Å². The standard InChI is InChI=1S/C12H11BrN6/c1-7(14)12-16-17-18-19(12)10-4-2-3-8-5-9(13)6-15-11(8)10/h2-7H,14H2,1H3. The maximum absolute atomic E-state index is 5.87. The maximum Gasteiger partial charge on any atom is 0.173 e. The Labute approximate surface area is 117 Å². The highest BCUT2D eigenvalue weighted by Gasteiger charge is 2.14. The summed E-state index contributed by atoms with van der Waals surface area (Å²) in [5.74, 6) is 0.609. The Bertz CT molecular complexity index is 736. The molecule has 0 fully saturated rings. The number of hydrogen-bond donors (Lipinski definition) is 1. The van der Waals surface area contributed by atoms with Crippen LogP contribution in [0.15, 0.2) is 34.9 Å². The predicted molar refractivity (Wildman–Crippen MR) is 74.8 cm³/mol. The van der Waals surface area contributed by atoms with Crippen LogP contribution in [0.25, 0.3) is 16.6 Å². The molecule has 2 N–H and O–H groups in total. The summed E-state index contributed by atoms with van der Waals surface area (Å²) < 4.78 is 2.56. The summed E-state index contributed by atoms with van der Waals surface area (Å²) in [6.07, 6.45) is 1.75. The first-order valence-electron chi connectivity index (χ1n) is 5.75. The van der Waals surface area contributed by atoms with Gasteiger partial charge in [0.1, 0.15) is 0 Å². The van der Waals surface area contributed by atoms with E-state index in [9.17, 15) is 0 Å². The summed E-state index contributed by atoms with van der Waals surface area (Å²) in [4.78, 5) is 4.43. The Morgan fingerprint density at radius 1 is 1.37 bits per heavy atom. The molecule has 0 spiro atoms. The van der Waals surface area contributed by atoms with Crippen molar-refractivity contribution in [3.8, 4) is 5.69 Å². The van der Waals surface area contributed by atoms with Gasteiger partial charge in [-0.1, -0.05) is 12.1 Å². The number of para-hydroxylation sites is 1. The first-order chi connectivity index (χ1) is 9.16. The minimum Gasteiger partial charge on any atom is -0.321 e. The van der Waals surface area contributed by atoms with Crippen molar-refractivity contribution in [1.29, 1.82) is 0 Å². The van der Waals surface area contributed by atoms with Gasteiger partial charge >= 0.3 is 0 Å². The molecule has 0 aliphatic carbocycles. The molecular weight excluding hydrogens is 308 g/mol. The molecule has 0 saturated heterocycles. The van der Waals surface area contributed by atoms with Crippen LogP contribution in [0.3, 0.4) is 0 Å². The third-order valence-corrected chi connectivity index (χ3v) is 3.22. The van der Waals surface area contributed by atoms with Crippen molar-refractivity contribution in [1.82, 2.24) is 25.2 Å². The molecule has 0 radical (unpaired) electrons. The third kappa shape index (κ3) is 2.11. The number of benzene rings is 1. The van der Waals surface area contributed by atoms with Crippen molar-refractivity contribution in [2.24, 2.45) is 5.73 Å². The average Bonchev–Trinajstić information content (AvgIpc) is 2.86. The molecule has 3 rings (SSSR count). The highest BCUT2D eigenvalue weighted by molar-refractivity contribution is 9.10. The van der Waals surface area contributed by atoms with Crippen LogP contribution in [0.2, 0.25) is 0 Å². The molecule has 3 aromatic rings. The number of nitrogens with two attached hydrogens (primary N) is 1. The van der Waals surface area contributed by atoms with E-state index in [1.807, 2.05) is 31.2 Å². The lowest BCUT2D eigenvalue weighted by Gasteiger charge is -2.09. The van der Waals surface area contributed by atoms with Crippen molar-refractivity contribution in [3.63, 3.8) is 0 Å². The van der Waals surface area contributed by atoms with Crippen LogP contribution in [0.1, 0.15) is 18.8 Å². The summed E-state index contributed by atoms with van der Waals surface area (Å²) in [6.45, 7) is 1.84. The smallest absolute Gasteiger partial charge is 0.173 e. The molecule has 0 bridgehead atoms. The molecule has 0 amide bonds. The monoisotopic (exact) mass is 318 g/mol. The Balaban J connectivity index is 2.28. The van der Waals surface area contributed by atoms with E-state index in [1.54, 1.807) is 10.9 Å². The van der Waals surface area contributed by atoms with Gasteiger partial charge in [0.2, 0.25) is 0 Å². The zero-order chi connectivity index (χ0) is 13.4. The number of tetrazole rings is 1. The van der Waals surface area contributed by atoms with Gasteiger partial charge in [-0.15, -0.1) is 5.10 Å². The van der Waals surface area contributed by atoms with Crippen molar-refractivity contribution < 1.29 is 0 Å². The molecule has 19 heavy (non-hydrogen) atoms. The number of nitrogens with zero attached hydrogens (tertiary/aromatic N) is 5. The zero-order valence-electron chi connectivity index (χ0n) is 10.2. The molecular formula is C12H11BrN6. The summed E-state index contributed by atoms with van der Waals surface area (Å²) >= 11 is 3.41. The van der Waals surface area contributed by atoms with Gasteiger partial charge < -0.3 is 5.73 Å². The SMILES string of the molecule is CC(N)c1nnnn1-c1cccc2cc(Br)cnc12. The first-order valence-corrected chi connectivity index (χ1v) is 6.54. The molecule has 6 nitrogen and oxygen atoms in total. The lowest BCUT2D eigenvalue weighted by Crippen LogP contribution is -2.13. The van der Waals surface area contributed by atoms with Crippen LogP contribution in [0.4, 0.5) is 0 Å². The molecule has 1 aromatic carbocycles. The largest absolute Gasteiger partial charge is 0.321 e. The lowest BCUT2D eigenvalue weighted by molar-refractivity contribution is 0.690. The Kier molecular flexibility index (Phi) is 3.00. The van der Waals surface area contributed by atoms with Gasteiger partial charge in [0.05, 0.1) is 17.2 Å². The number of fused-ring (bicyclic) bond motifs is 1. The number of halogens is 1. The molecule has 96 valence electrons. The van der Waals surface area contributed by atoms with E-state index in [2.05, 4.69) is 36.4 Å². The number of aromatic nitrogens is 5. The van der Waals surface area contributed by atoms with Crippen LogP contribution >= 0.6 is 15.9 Å². The van der Waals surface area contributed by atoms with E-state index in [-0.39, 0.29) is 6.04 Å². The first kappa shape index (κ1) is 12.2. The maximum atomic E-state index is 5.87. The highest BCUT2D eigenvalue weighted by Crippen LogP contribution is 2.23. The van der Waals surface area contributed by atoms with E-state index < -0.39 is 0 Å². The van der Waals surface area contributed by atoms with Crippen LogP contribution in [0, 0.1) is 0 Å². The van der Waals surface area contributed by atoms with Gasteiger partial charge in [0.25, 0.3) is 0 Å². The minimum absolute atomic E-state index is 0.249. The van der Waals surface area contributed by atoms with Crippen molar-refractivity contribution in [2.45, 2.75) is 13.0 Å². The number of hydrogen-bond acceptors (Lipinski definition) is 5. The summed E-state index contributed by atoms with van der Waals surface area (Å²) in [7, 11) is 0.